The molecule has 0 spiro atoms. The van der Waals surface area contributed by atoms with Crippen molar-refractivity contribution in [3.63, 3.8) is 0 Å². The predicted molar refractivity (Wildman–Crippen MR) is 224 cm³/mol. The lowest BCUT2D eigenvalue weighted by atomic mass is 10.1. The normalized spacial score (nSPS) is 15.8. The Balaban J connectivity index is 0.000000198. The van der Waals surface area contributed by atoms with E-state index in [4.69, 9.17) is 9.15 Å². The van der Waals surface area contributed by atoms with Crippen LogP contribution in [0.25, 0.3) is 20.8 Å². The monoisotopic (exact) mass is 824 g/mol. The average Bonchev–Trinajstić information content (AvgIpc) is 3.79. The Labute approximate surface area is 338 Å². The first-order valence-corrected chi connectivity index (χ1v) is 21.7. The van der Waals surface area contributed by atoms with Crippen LogP contribution in [0.1, 0.15) is 68.1 Å². The molecule has 0 unspecified atom stereocenters. The van der Waals surface area contributed by atoms with Crippen LogP contribution in [0.2, 0.25) is 0 Å². The van der Waals surface area contributed by atoms with Crippen LogP contribution in [0.15, 0.2) is 125 Å². The fourth-order valence-corrected chi connectivity index (χ4v) is 9.89. The summed E-state index contributed by atoms with van der Waals surface area (Å²) in [6.07, 6.45) is 2.75. The minimum absolute atomic E-state index is 0.0111. The number of amides is 2. The van der Waals surface area contributed by atoms with E-state index < -0.39 is 31.9 Å². The van der Waals surface area contributed by atoms with Crippen LogP contribution in [0, 0.1) is 0 Å². The maximum Gasteiger partial charge on any atom is 0.285 e. The minimum atomic E-state index is -3.98. The van der Waals surface area contributed by atoms with Gasteiger partial charge in [-0.2, -0.15) is 0 Å². The van der Waals surface area contributed by atoms with E-state index in [0.29, 0.717) is 52.1 Å². The third-order valence-corrected chi connectivity index (χ3v) is 13.2. The summed E-state index contributed by atoms with van der Waals surface area (Å²) in [5.41, 5.74) is 2.68. The highest BCUT2D eigenvalue weighted by Crippen LogP contribution is 2.38. The number of hydrogen-bond donors (Lipinski definition) is 2. The molecular weight excluding hydrogens is 781 g/mol. The minimum Gasteiger partial charge on any atom is -0.497 e. The van der Waals surface area contributed by atoms with Crippen molar-refractivity contribution in [3.8, 4) is 5.75 Å². The van der Waals surface area contributed by atoms with Crippen LogP contribution >= 0.6 is 0 Å². The summed E-state index contributed by atoms with van der Waals surface area (Å²) in [5, 5.41) is 6.70. The summed E-state index contributed by atoms with van der Waals surface area (Å²) in [6, 6.07) is 30.9. The first-order valence-electron chi connectivity index (χ1n) is 18.8. The number of rotatable bonds is 14. The van der Waals surface area contributed by atoms with Gasteiger partial charge in [-0.3, -0.25) is 14.4 Å². The second-order valence-corrected chi connectivity index (χ2v) is 17.1. The van der Waals surface area contributed by atoms with Gasteiger partial charge in [-0.05, 0) is 72.5 Å². The van der Waals surface area contributed by atoms with Gasteiger partial charge in [0.15, 0.2) is 11.5 Å². The smallest absolute Gasteiger partial charge is 0.285 e. The molecule has 2 aliphatic heterocycles. The molecule has 0 saturated carbocycles. The number of ether oxygens (including phenoxy) is 1. The molecule has 1 aromatic heterocycles. The zero-order valence-corrected chi connectivity index (χ0v) is 34.2. The molecule has 2 N–H and O–H groups in total. The van der Waals surface area contributed by atoms with Crippen LogP contribution in [0.5, 0.6) is 5.75 Å². The molecule has 5 aromatic rings. The van der Waals surface area contributed by atoms with Gasteiger partial charge in [-0.25, -0.2) is 25.4 Å². The molecule has 0 fully saturated rings. The van der Waals surface area contributed by atoms with Gasteiger partial charge < -0.3 is 19.8 Å². The molecule has 0 saturated heterocycles. The molecule has 0 atom stereocenters. The van der Waals surface area contributed by atoms with Crippen LogP contribution in [-0.4, -0.2) is 63.2 Å². The molecule has 13 nitrogen and oxygen atoms in total. The van der Waals surface area contributed by atoms with Gasteiger partial charge in [0.05, 0.1) is 7.11 Å². The Morgan fingerprint density at radius 3 is 1.57 bits per heavy atom. The number of carbonyl (C=O) groups is 3. The number of sulfonamides is 2. The number of nitrogens with one attached hydrogen (secondary N) is 2. The van der Waals surface area contributed by atoms with Gasteiger partial charge in [0.2, 0.25) is 0 Å². The van der Waals surface area contributed by atoms with Crippen LogP contribution in [-0.2, 0) is 29.6 Å². The maximum absolute atomic E-state index is 13.3. The number of unbranched alkanes of at least 4 members (excludes halogenated alkanes) is 2. The van der Waals surface area contributed by atoms with E-state index in [1.54, 1.807) is 116 Å². The maximum atomic E-state index is 13.3. The number of furan rings is 1. The van der Waals surface area contributed by atoms with Gasteiger partial charge in [-0.1, -0.05) is 87.4 Å². The van der Waals surface area contributed by atoms with E-state index in [1.165, 1.54) is 6.92 Å². The summed E-state index contributed by atoms with van der Waals surface area (Å²) < 4.78 is 65.2. The van der Waals surface area contributed by atoms with Gasteiger partial charge in [0, 0.05) is 36.8 Å². The lowest BCUT2D eigenvalue weighted by molar-refractivity contribution is -0.122. The third kappa shape index (κ3) is 8.41. The molecule has 58 heavy (non-hydrogen) atoms. The Morgan fingerprint density at radius 1 is 0.655 bits per heavy atom. The van der Waals surface area contributed by atoms with Crippen molar-refractivity contribution in [2.24, 2.45) is 0 Å². The van der Waals surface area contributed by atoms with E-state index in [-0.39, 0.29) is 45.8 Å². The number of hydrogen-bond acceptors (Lipinski definition) is 11. The Morgan fingerprint density at radius 2 is 1.12 bits per heavy atom. The van der Waals surface area contributed by atoms with Gasteiger partial charge in [0.25, 0.3) is 31.9 Å². The highest BCUT2D eigenvalue weighted by molar-refractivity contribution is 8.00. The standard InChI is InChI=1S/C23H22N2O5S.C20H22N2O4S/c1-3-4-12-25-23(27)21(22(31(25,28)29)16-8-6-5-7-9-16)24-18-10-11-19-17(13-18)14-20(30-19)15(2)26;1-3-4-14-22-20(23)18(21-16-10-12-17(26-2)13-11-16)19(27(22,24)25)15-8-6-5-7-9-15/h5-11,13-14,24H,3-4,12H2,1-2H3;5-13,21H,3-4,14H2,1-2H3. The van der Waals surface area contributed by atoms with E-state index >= 15 is 0 Å². The van der Waals surface area contributed by atoms with Crippen molar-refractivity contribution in [2.75, 3.05) is 30.8 Å². The Bertz CT molecular complexity index is 2620. The fourth-order valence-electron chi connectivity index (χ4n) is 6.43. The van der Waals surface area contributed by atoms with E-state index in [9.17, 15) is 31.2 Å². The highest BCUT2D eigenvalue weighted by atomic mass is 32.2. The zero-order valence-electron chi connectivity index (χ0n) is 32.5. The molecule has 2 amide bonds. The molecule has 0 radical (unpaired) electrons. The number of Topliss-reactive ketones (excluding diaryl/α,β-unsaturated/α-hetero) is 1. The molecule has 2 aliphatic rings. The van der Waals surface area contributed by atoms with Crippen LogP contribution < -0.4 is 15.4 Å². The number of nitrogens with zero attached hydrogens (tertiary/aromatic N) is 2. The summed E-state index contributed by atoms with van der Waals surface area (Å²) in [6.45, 7) is 5.60. The predicted octanol–water partition coefficient (Wildman–Crippen LogP) is 7.84. The third-order valence-electron chi connectivity index (χ3n) is 9.42. The van der Waals surface area contributed by atoms with Crippen LogP contribution in [0.4, 0.5) is 11.4 Å². The molecular formula is C43H44N4O9S2. The van der Waals surface area contributed by atoms with Gasteiger partial charge in [0.1, 0.15) is 32.5 Å². The molecule has 3 heterocycles. The number of carbonyl (C=O) groups excluding carboxylic acids is 3. The van der Waals surface area contributed by atoms with Gasteiger partial charge >= 0.3 is 0 Å². The fraction of sp³-hybridized carbons (Fsp3) is 0.233. The molecule has 0 bridgehead atoms. The van der Waals surface area contributed by atoms with Crippen molar-refractivity contribution in [3.05, 3.63) is 137 Å². The van der Waals surface area contributed by atoms with Crippen LogP contribution in [0.3, 0.4) is 0 Å². The summed E-state index contributed by atoms with van der Waals surface area (Å²) in [4.78, 5) is 37.6. The molecule has 15 heteroatoms. The Kier molecular flexibility index (Phi) is 12.5. The number of ketones is 1. The summed E-state index contributed by atoms with van der Waals surface area (Å²) in [5.74, 6) is -0.389. The van der Waals surface area contributed by atoms with Crippen molar-refractivity contribution < 1.29 is 40.4 Å². The van der Waals surface area contributed by atoms with E-state index in [1.807, 2.05) is 13.8 Å². The number of fused-ring (bicyclic) bond motifs is 1. The quantitative estimate of drug-likeness (QED) is 0.105. The number of benzene rings is 4. The summed E-state index contributed by atoms with van der Waals surface area (Å²) in [7, 11) is -6.33. The van der Waals surface area contributed by atoms with Crippen molar-refractivity contribution >= 4 is 69.8 Å². The second-order valence-electron chi connectivity index (χ2n) is 13.5. The molecule has 7 rings (SSSR count). The molecule has 4 aromatic carbocycles. The highest BCUT2D eigenvalue weighted by Gasteiger charge is 2.45. The summed E-state index contributed by atoms with van der Waals surface area (Å²) >= 11 is 0. The van der Waals surface area contributed by atoms with Gasteiger partial charge in [-0.15, -0.1) is 0 Å². The number of methoxy groups -OCH3 is 1. The lowest BCUT2D eigenvalue weighted by Crippen LogP contribution is -2.33. The SMILES string of the molecule is CCCCN1C(=O)C(Nc2ccc(OC)cc2)=C(c2ccccc2)S1(=O)=O.CCCCN1C(=O)C(Nc2ccc3oc(C(C)=O)cc3c2)=C(c2ccccc2)S1(=O)=O. The lowest BCUT2D eigenvalue weighted by Gasteiger charge is -2.16. The van der Waals surface area contributed by atoms with E-state index in [0.717, 1.165) is 21.5 Å². The first kappa shape index (κ1) is 41.4. The number of anilines is 2. The Hall–Kier alpha value is -6.19. The van der Waals surface area contributed by atoms with Crippen molar-refractivity contribution in [1.29, 1.82) is 0 Å². The van der Waals surface area contributed by atoms with Crippen molar-refractivity contribution in [1.82, 2.24) is 8.61 Å². The zero-order chi connectivity index (χ0) is 41.6. The topological polar surface area (TPSA) is 172 Å². The largest absolute Gasteiger partial charge is 0.497 e. The molecule has 302 valence electrons. The first-order chi connectivity index (χ1) is 27.8. The second kappa shape index (κ2) is 17.5. The average molecular weight is 825 g/mol. The van der Waals surface area contributed by atoms with Crippen molar-refractivity contribution in [2.45, 2.75) is 46.5 Å². The molecule has 0 aliphatic carbocycles. The van der Waals surface area contributed by atoms with E-state index in [2.05, 4.69) is 10.6 Å².